The number of nitrogens with one attached hydrogen (secondary N) is 1. The minimum absolute atomic E-state index is 0.0768. The molecule has 0 aliphatic rings. The van der Waals surface area contributed by atoms with Crippen LogP contribution in [0.15, 0.2) is 0 Å². The van der Waals surface area contributed by atoms with Crippen LogP contribution in [0, 0.1) is 11.3 Å². The predicted octanol–water partition coefficient (Wildman–Crippen LogP) is 0.0132. The quantitative estimate of drug-likeness (QED) is 0.490. The Labute approximate surface area is 79.2 Å². The molecule has 0 bridgehead atoms. The van der Waals surface area contributed by atoms with Gasteiger partial charge in [-0.25, -0.2) is 0 Å². The van der Waals surface area contributed by atoms with Crippen molar-refractivity contribution in [2.75, 3.05) is 19.8 Å². The third kappa shape index (κ3) is 4.23. The molecule has 0 saturated heterocycles. The summed E-state index contributed by atoms with van der Waals surface area (Å²) in [5.74, 6) is 0. The SMILES string of the molecule is CCC(CO)(CO)NCCCC#N. The molecule has 0 aromatic heterocycles. The number of aliphatic hydroxyl groups is 2. The van der Waals surface area contributed by atoms with E-state index in [0.717, 1.165) is 6.42 Å². The molecule has 3 N–H and O–H groups in total. The van der Waals surface area contributed by atoms with Crippen molar-refractivity contribution in [3.05, 3.63) is 0 Å². The summed E-state index contributed by atoms with van der Waals surface area (Å²) in [4.78, 5) is 0. The number of unbranched alkanes of at least 4 members (excludes halogenated alkanes) is 1. The maximum absolute atomic E-state index is 9.05. The van der Waals surface area contributed by atoms with E-state index in [1.807, 2.05) is 13.0 Å². The Morgan fingerprint density at radius 2 is 2.00 bits per heavy atom. The molecule has 0 aliphatic heterocycles. The predicted molar refractivity (Wildman–Crippen MR) is 50.0 cm³/mol. The van der Waals surface area contributed by atoms with Crippen LogP contribution in [-0.4, -0.2) is 35.5 Å². The van der Waals surface area contributed by atoms with Crippen LogP contribution in [0.3, 0.4) is 0 Å². The Morgan fingerprint density at radius 1 is 1.38 bits per heavy atom. The lowest BCUT2D eigenvalue weighted by atomic mass is 9.98. The van der Waals surface area contributed by atoms with E-state index < -0.39 is 5.54 Å². The first-order valence-electron chi connectivity index (χ1n) is 4.58. The fourth-order valence-corrected chi connectivity index (χ4v) is 1.03. The molecule has 0 amide bonds. The number of hydrogen-bond acceptors (Lipinski definition) is 4. The van der Waals surface area contributed by atoms with Gasteiger partial charge in [-0.2, -0.15) is 5.26 Å². The summed E-state index contributed by atoms with van der Waals surface area (Å²) in [5, 5.41) is 29.4. The van der Waals surface area contributed by atoms with E-state index in [1.165, 1.54) is 0 Å². The van der Waals surface area contributed by atoms with Crippen LogP contribution in [-0.2, 0) is 0 Å². The Kier molecular flexibility index (Phi) is 6.51. The summed E-state index contributed by atoms with van der Waals surface area (Å²) in [7, 11) is 0. The van der Waals surface area contributed by atoms with Gasteiger partial charge >= 0.3 is 0 Å². The summed E-state index contributed by atoms with van der Waals surface area (Å²) < 4.78 is 0. The van der Waals surface area contributed by atoms with E-state index in [-0.39, 0.29) is 13.2 Å². The van der Waals surface area contributed by atoms with Crippen LogP contribution in [0.5, 0.6) is 0 Å². The molecule has 0 spiro atoms. The van der Waals surface area contributed by atoms with Gasteiger partial charge in [0.05, 0.1) is 24.8 Å². The van der Waals surface area contributed by atoms with Crippen LogP contribution < -0.4 is 5.32 Å². The van der Waals surface area contributed by atoms with Gasteiger partial charge in [0, 0.05) is 6.42 Å². The average Bonchev–Trinajstić information content (AvgIpc) is 2.20. The lowest BCUT2D eigenvalue weighted by molar-refractivity contribution is 0.0879. The molecule has 0 rings (SSSR count). The fourth-order valence-electron chi connectivity index (χ4n) is 1.03. The molecule has 4 nitrogen and oxygen atoms in total. The maximum Gasteiger partial charge on any atom is 0.0645 e. The first kappa shape index (κ1) is 12.4. The average molecular weight is 186 g/mol. The Balaban J connectivity index is 3.76. The zero-order valence-corrected chi connectivity index (χ0v) is 8.08. The molecule has 0 fully saturated rings. The molecule has 0 atom stereocenters. The summed E-state index contributed by atoms with van der Waals surface area (Å²) in [5.41, 5.74) is -0.574. The molecular weight excluding hydrogens is 168 g/mol. The highest BCUT2D eigenvalue weighted by atomic mass is 16.3. The highest BCUT2D eigenvalue weighted by Crippen LogP contribution is 2.07. The minimum Gasteiger partial charge on any atom is -0.394 e. The van der Waals surface area contributed by atoms with E-state index in [1.54, 1.807) is 0 Å². The van der Waals surface area contributed by atoms with Crippen molar-refractivity contribution < 1.29 is 10.2 Å². The van der Waals surface area contributed by atoms with Crippen LogP contribution in [0.1, 0.15) is 26.2 Å². The normalized spacial score (nSPS) is 11.2. The van der Waals surface area contributed by atoms with Gasteiger partial charge in [-0.3, -0.25) is 0 Å². The third-order valence-electron chi connectivity index (χ3n) is 2.25. The molecular formula is C9H18N2O2. The second-order valence-corrected chi connectivity index (χ2v) is 3.14. The second-order valence-electron chi connectivity index (χ2n) is 3.14. The number of hydrogen-bond donors (Lipinski definition) is 3. The number of aliphatic hydroxyl groups excluding tert-OH is 2. The monoisotopic (exact) mass is 186 g/mol. The number of nitriles is 1. The van der Waals surface area contributed by atoms with E-state index >= 15 is 0 Å². The third-order valence-corrected chi connectivity index (χ3v) is 2.25. The van der Waals surface area contributed by atoms with Crippen molar-refractivity contribution >= 4 is 0 Å². The standard InChI is InChI=1S/C9H18N2O2/c1-2-9(7-12,8-13)11-6-4-3-5-10/h11-13H,2-4,6-8H2,1H3. The van der Waals surface area contributed by atoms with Gasteiger partial charge in [-0.05, 0) is 19.4 Å². The van der Waals surface area contributed by atoms with Crippen molar-refractivity contribution in [2.24, 2.45) is 0 Å². The highest BCUT2D eigenvalue weighted by molar-refractivity contribution is 4.85. The molecule has 76 valence electrons. The van der Waals surface area contributed by atoms with E-state index in [9.17, 15) is 0 Å². The molecule has 0 saturated carbocycles. The molecule has 0 aromatic carbocycles. The van der Waals surface area contributed by atoms with Gasteiger partial charge in [0.1, 0.15) is 0 Å². The molecule has 0 radical (unpaired) electrons. The minimum atomic E-state index is -0.574. The van der Waals surface area contributed by atoms with Crippen LogP contribution in [0.25, 0.3) is 0 Å². The molecule has 4 heteroatoms. The topological polar surface area (TPSA) is 76.3 Å². The summed E-state index contributed by atoms with van der Waals surface area (Å²) >= 11 is 0. The highest BCUT2D eigenvalue weighted by Gasteiger charge is 2.24. The summed E-state index contributed by atoms with van der Waals surface area (Å²) in [6.45, 7) is 2.41. The van der Waals surface area contributed by atoms with Gasteiger partial charge in [-0.1, -0.05) is 6.92 Å². The van der Waals surface area contributed by atoms with Crippen LogP contribution >= 0.6 is 0 Å². The molecule has 0 heterocycles. The van der Waals surface area contributed by atoms with Crippen molar-refractivity contribution in [1.29, 1.82) is 5.26 Å². The first-order valence-corrected chi connectivity index (χ1v) is 4.58. The van der Waals surface area contributed by atoms with E-state index in [4.69, 9.17) is 15.5 Å². The maximum atomic E-state index is 9.05. The smallest absolute Gasteiger partial charge is 0.0645 e. The van der Waals surface area contributed by atoms with Crippen molar-refractivity contribution in [3.8, 4) is 6.07 Å². The number of rotatable bonds is 7. The molecule has 0 unspecified atom stereocenters. The lowest BCUT2D eigenvalue weighted by Crippen LogP contribution is -2.51. The zero-order valence-electron chi connectivity index (χ0n) is 8.08. The zero-order chi connectivity index (χ0) is 10.2. The van der Waals surface area contributed by atoms with Gasteiger partial charge in [-0.15, -0.1) is 0 Å². The van der Waals surface area contributed by atoms with Crippen molar-refractivity contribution in [1.82, 2.24) is 5.32 Å². The lowest BCUT2D eigenvalue weighted by Gasteiger charge is -2.29. The first-order chi connectivity index (χ1) is 6.24. The van der Waals surface area contributed by atoms with E-state index in [0.29, 0.717) is 19.4 Å². The molecule has 13 heavy (non-hydrogen) atoms. The Hall–Kier alpha value is -0.630. The summed E-state index contributed by atoms with van der Waals surface area (Å²) in [6.07, 6.45) is 1.93. The molecule has 0 aliphatic carbocycles. The fraction of sp³-hybridized carbons (Fsp3) is 0.889. The van der Waals surface area contributed by atoms with Gasteiger partial charge in [0.25, 0.3) is 0 Å². The Bertz CT molecular complexity index is 153. The van der Waals surface area contributed by atoms with Crippen LogP contribution in [0.4, 0.5) is 0 Å². The van der Waals surface area contributed by atoms with Crippen molar-refractivity contribution in [3.63, 3.8) is 0 Å². The number of nitrogens with zero attached hydrogens (tertiary/aromatic N) is 1. The van der Waals surface area contributed by atoms with Crippen molar-refractivity contribution in [2.45, 2.75) is 31.7 Å². The second kappa shape index (κ2) is 6.84. The molecule has 0 aromatic rings. The Morgan fingerprint density at radius 3 is 2.38 bits per heavy atom. The largest absolute Gasteiger partial charge is 0.394 e. The van der Waals surface area contributed by atoms with Gasteiger partial charge in [0.15, 0.2) is 0 Å². The van der Waals surface area contributed by atoms with Gasteiger partial charge < -0.3 is 15.5 Å². The van der Waals surface area contributed by atoms with Crippen LogP contribution in [0.2, 0.25) is 0 Å². The summed E-state index contributed by atoms with van der Waals surface area (Å²) in [6, 6.07) is 2.04. The van der Waals surface area contributed by atoms with E-state index in [2.05, 4.69) is 5.32 Å². The van der Waals surface area contributed by atoms with Gasteiger partial charge in [0.2, 0.25) is 0 Å².